The molecule has 4 rings (SSSR count). The monoisotopic (exact) mass is 371 g/mol. The molecule has 0 saturated carbocycles. The maximum absolute atomic E-state index is 12.3. The molecule has 2 aliphatic heterocycles. The number of ether oxygens (including phenoxy) is 5. The minimum Gasteiger partial charge on any atom is -0.493 e. The van der Waals surface area contributed by atoms with Gasteiger partial charge in [0.05, 0.1) is 21.3 Å². The summed E-state index contributed by atoms with van der Waals surface area (Å²) in [6.07, 6.45) is 0.311. The Morgan fingerprint density at radius 2 is 1.56 bits per heavy atom. The fourth-order valence-electron chi connectivity index (χ4n) is 3.60. The van der Waals surface area contributed by atoms with Crippen molar-refractivity contribution in [3.05, 3.63) is 35.4 Å². The van der Waals surface area contributed by atoms with E-state index in [9.17, 15) is 4.79 Å². The zero-order valence-electron chi connectivity index (χ0n) is 15.5. The number of benzene rings is 2. The smallest absolute Gasteiger partial charge is 0.225 e. The highest BCUT2D eigenvalue weighted by Crippen LogP contribution is 2.47. The van der Waals surface area contributed by atoms with E-state index in [1.165, 1.54) is 0 Å². The highest BCUT2D eigenvalue weighted by molar-refractivity contribution is 5.96. The molecule has 0 bridgehead atoms. The van der Waals surface area contributed by atoms with Crippen molar-refractivity contribution in [2.45, 2.75) is 12.3 Å². The molecule has 27 heavy (non-hydrogen) atoms. The summed E-state index contributed by atoms with van der Waals surface area (Å²) in [4.78, 5) is 12.3. The van der Waals surface area contributed by atoms with Gasteiger partial charge in [0.2, 0.25) is 11.7 Å². The van der Waals surface area contributed by atoms with E-state index in [-0.39, 0.29) is 11.8 Å². The number of nitrogens with one attached hydrogen (secondary N) is 1. The van der Waals surface area contributed by atoms with Crippen LogP contribution in [0.1, 0.15) is 23.5 Å². The van der Waals surface area contributed by atoms with Crippen LogP contribution >= 0.6 is 0 Å². The topological polar surface area (TPSA) is 75.3 Å². The molecule has 2 aromatic carbocycles. The Balaban J connectivity index is 1.84. The van der Waals surface area contributed by atoms with Crippen molar-refractivity contribution in [1.82, 2.24) is 0 Å². The Kier molecular flexibility index (Phi) is 4.43. The standard InChI is InChI=1S/C20H21NO6/c1-23-17-6-11(7-18(24-2)20(17)25-3)12-9-19(22)21-14-10-16-15(8-13(12)14)26-4-5-27-16/h6-8,10,12H,4-5,9H2,1-3H3,(H,21,22). The van der Waals surface area contributed by atoms with Crippen LogP contribution in [-0.4, -0.2) is 40.5 Å². The largest absolute Gasteiger partial charge is 0.493 e. The number of fused-ring (bicyclic) bond motifs is 2. The molecule has 0 spiro atoms. The fraction of sp³-hybridized carbons (Fsp3) is 0.350. The fourth-order valence-corrected chi connectivity index (χ4v) is 3.60. The van der Waals surface area contributed by atoms with Gasteiger partial charge < -0.3 is 29.0 Å². The highest BCUT2D eigenvalue weighted by atomic mass is 16.6. The molecule has 0 saturated heterocycles. The molecule has 7 nitrogen and oxygen atoms in total. The quantitative estimate of drug-likeness (QED) is 0.891. The van der Waals surface area contributed by atoms with Crippen LogP contribution in [-0.2, 0) is 4.79 Å². The third-order valence-electron chi connectivity index (χ3n) is 4.84. The van der Waals surface area contributed by atoms with Gasteiger partial charge in [-0.1, -0.05) is 0 Å². The van der Waals surface area contributed by atoms with Gasteiger partial charge in [-0.05, 0) is 29.3 Å². The molecule has 1 unspecified atom stereocenters. The maximum atomic E-state index is 12.3. The van der Waals surface area contributed by atoms with E-state index in [0.29, 0.717) is 48.4 Å². The molecule has 142 valence electrons. The summed E-state index contributed by atoms with van der Waals surface area (Å²) in [5, 5.41) is 2.93. The van der Waals surface area contributed by atoms with Gasteiger partial charge in [-0.25, -0.2) is 0 Å². The number of hydrogen-bond acceptors (Lipinski definition) is 6. The molecule has 0 radical (unpaired) electrons. The molecule has 2 heterocycles. The molecule has 1 N–H and O–H groups in total. The number of amides is 1. The number of rotatable bonds is 4. The van der Waals surface area contributed by atoms with E-state index < -0.39 is 0 Å². The summed E-state index contributed by atoms with van der Waals surface area (Å²) >= 11 is 0. The van der Waals surface area contributed by atoms with E-state index in [1.807, 2.05) is 24.3 Å². The van der Waals surface area contributed by atoms with Crippen molar-refractivity contribution in [3.63, 3.8) is 0 Å². The van der Waals surface area contributed by atoms with E-state index >= 15 is 0 Å². The third kappa shape index (κ3) is 2.99. The van der Waals surface area contributed by atoms with Gasteiger partial charge in [-0.15, -0.1) is 0 Å². The first kappa shape index (κ1) is 17.3. The van der Waals surface area contributed by atoms with Crippen molar-refractivity contribution < 1.29 is 28.5 Å². The van der Waals surface area contributed by atoms with Gasteiger partial charge in [0, 0.05) is 24.1 Å². The molecule has 1 atom stereocenters. The number of hydrogen-bond donors (Lipinski definition) is 1. The van der Waals surface area contributed by atoms with Crippen molar-refractivity contribution in [3.8, 4) is 28.7 Å². The molecule has 0 fully saturated rings. The third-order valence-corrected chi connectivity index (χ3v) is 4.84. The second kappa shape index (κ2) is 6.90. The average Bonchev–Trinajstić information content (AvgIpc) is 2.70. The van der Waals surface area contributed by atoms with Crippen LogP contribution in [0.4, 0.5) is 5.69 Å². The summed E-state index contributed by atoms with van der Waals surface area (Å²) in [5.74, 6) is 2.73. The summed E-state index contributed by atoms with van der Waals surface area (Å²) in [6.45, 7) is 1.00. The zero-order chi connectivity index (χ0) is 19.0. The summed E-state index contributed by atoms with van der Waals surface area (Å²) in [6, 6.07) is 7.53. The van der Waals surface area contributed by atoms with Gasteiger partial charge >= 0.3 is 0 Å². The molecular weight excluding hydrogens is 350 g/mol. The Labute approximate surface area is 157 Å². The second-order valence-corrected chi connectivity index (χ2v) is 6.35. The number of carbonyl (C=O) groups is 1. The van der Waals surface area contributed by atoms with Crippen molar-refractivity contribution in [2.24, 2.45) is 0 Å². The molecule has 0 aromatic heterocycles. The number of methoxy groups -OCH3 is 3. The van der Waals surface area contributed by atoms with E-state index in [1.54, 1.807) is 21.3 Å². The molecule has 1 amide bonds. The van der Waals surface area contributed by atoms with Crippen LogP contribution in [0.5, 0.6) is 28.7 Å². The summed E-state index contributed by atoms with van der Waals surface area (Å²) in [7, 11) is 4.71. The van der Waals surface area contributed by atoms with Gasteiger partial charge in [0.15, 0.2) is 23.0 Å². The number of carbonyl (C=O) groups excluding carboxylic acids is 1. The molecule has 0 aliphatic carbocycles. The van der Waals surface area contributed by atoms with Gasteiger partial charge in [-0.3, -0.25) is 4.79 Å². The van der Waals surface area contributed by atoms with Crippen LogP contribution in [0.3, 0.4) is 0 Å². The lowest BCUT2D eigenvalue weighted by atomic mass is 9.84. The lowest BCUT2D eigenvalue weighted by Crippen LogP contribution is -2.25. The Morgan fingerprint density at radius 1 is 0.926 bits per heavy atom. The van der Waals surface area contributed by atoms with E-state index in [2.05, 4.69) is 5.32 Å². The van der Waals surface area contributed by atoms with Crippen LogP contribution in [0.25, 0.3) is 0 Å². The van der Waals surface area contributed by atoms with E-state index in [0.717, 1.165) is 16.8 Å². The highest BCUT2D eigenvalue weighted by Gasteiger charge is 2.31. The Bertz CT molecular complexity index is 869. The van der Waals surface area contributed by atoms with Crippen molar-refractivity contribution in [1.29, 1.82) is 0 Å². The van der Waals surface area contributed by atoms with Gasteiger partial charge in [-0.2, -0.15) is 0 Å². The lowest BCUT2D eigenvalue weighted by molar-refractivity contribution is -0.116. The minimum atomic E-state index is -0.168. The maximum Gasteiger partial charge on any atom is 0.225 e. The van der Waals surface area contributed by atoms with Crippen LogP contribution in [0, 0.1) is 0 Å². The van der Waals surface area contributed by atoms with Crippen LogP contribution in [0.2, 0.25) is 0 Å². The van der Waals surface area contributed by atoms with E-state index in [4.69, 9.17) is 23.7 Å². The normalized spacial score (nSPS) is 17.6. The first-order chi connectivity index (χ1) is 13.1. The molecule has 7 heteroatoms. The zero-order valence-corrected chi connectivity index (χ0v) is 15.5. The molecular formula is C20H21NO6. The number of anilines is 1. The predicted octanol–water partition coefficient (Wildman–Crippen LogP) is 2.96. The minimum absolute atomic E-state index is 0.0575. The first-order valence-corrected chi connectivity index (χ1v) is 8.68. The van der Waals surface area contributed by atoms with Crippen LogP contribution in [0.15, 0.2) is 24.3 Å². The molecule has 2 aromatic rings. The Hall–Kier alpha value is -3.09. The van der Waals surface area contributed by atoms with Crippen LogP contribution < -0.4 is 29.0 Å². The molecule has 2 aliphatic rings. The summed E-state index contributed by atoms with van der Waals surface area (Å²) < 4.78 is 27.7. The van der Waals surface area contributed by atoms with Gasteiger partial charge in [0.1, 0.15) is 13.2 Å². The first-order valence-electron chi connectivity index (χ1n) is 8.68. The lowest BCUT2D eigenvalue weighted by Gasteiger charge is -2.29. The Morgan fingerprint density at radius 3 is 2.15 bits per heavy atom. The SMILES string of the molecule is COc1cc(C2CC(=O)Nc3cc4c(cc32)OCCO4)cc(OC)c1OC. The average molecular weight is 371 g/mol. The van der Waals surface area contributed by atoms with Crippen molar-refractivity contribution in [2.75, 3.05) is 39.9 Å². The second-order valence-electron chi connectivity index (χ2n) is 6.35. The van der Waals surface area contributed by atoms with Crippen molar-refractivity contribution >= 4 is 11.6 Å². The predicted molar refractivity (Wildman–Crippen MR) is 98.6 cm³/mol. The summed E-state index contributed by atoms with van der Waals surface area (Å²) in [5.41, 5.74) is 2.60. The van der Waals surface area contributed by atoms with Gasteiger partial charge in [0.25, 0.3) is 0 Å².